The summed E-state index contributed by atoms with van der Waals surface area (Å²) in [5.74, 6) is -2.26. The molecule has 2 heterocycles. The molecule has 2 bridgehead atoms. The van der Waals surface area contributed by atoms with Gasteiger partial charge in [0.15, 0.2) is 6.10 Å². The lowest BCUT2D eigenvalue weighted by Crippen LogP contribution is -2.86. The van der Waals surface area contributed by atoms with Crippen molar-refractivity contribution in [2.24, 2.45) is 22.7 Å². The molecule has 0 aromatic heterocycles. The minimum absolute atomic E-state index is 0.126. The molecule has 8 heteroatoms. The van der Waals surface area contributed by atoms with Crippen molar-refractivity contribution in [3.05, 3.63) is 24.3 Å². The van der Waals surface area contributed by atoms with Gasteiger partial charge in [0.05, 0.1) is 24.2 Å². The summed E-state index contributed by atoms with van der Waals surface area (Å²) in [7, 11) is 0. The fourth-order valence-corrected chi connectivity index (χ4v) is 7.29. The summed E-state index contributed by atoms with van der Waals surface area (Å²) < 4.78 is 11.4. The minimum Gasteiger partial charge on any atom is -0.460 e. The standard InChI is InChI=1S/C20H26O8/c1-8-4-5-10(21)17(2)9(8)6-11-19-7-27-18(3,14(23)12(22)13(17)19)20(19,26)15(24)16(25)28-11/h4-5,9-15,21-24,26H,1,6-7H2,2-3H3. The second-order valence-electron chi connectivity index (χ2n) is 9.48. The lowest BCUT2D eigenvalue weighted by atomic mass is 9.37. The maximum absolute atomic E-state index is 12.5. The number of aliphatic hydroxyl groups excluding tert-OH is 4. The molecule has 3 aliphatic carbocycles. The molecule has 5 rings (SSSR count). The maximum Gasteiger partial charge on any atom is 0.338 e. The van der Waals surface area contributed by atoms with Crippen LogP contribution >= 0.6 is 0 Å². The third kappa shape index (κ3) is 1.55. The molecule has 11 atom stereocenters. The Morgan fingerprint density at radius 2 is 1.89 bits per heavy atom. The second-order valence-corrected chi connectivity index (χ2v) is 9.48. The first kappa shape index (κ1) is 18.7. The van der Waals surface area contributed by atoms with E-state index < -0.39 is 64.4 Å². The van der Waals surface area contributed by atoms with E-state index in [4.69, 9.17) is 9.47 Å². The molecule has 5 aliphatic rings. The van der Waals surface area contributed by atoms with Crippen LogP contribution in [0.25, 0.3) is 0 Å². The van der Waals surface area contributed by atoms with E-state index in [9.17, 15) is 30.3 Å². The van der Waals surface area contributed by atoms with Gasteiger partial charge in [0, 0.05) is 11.3 Å². The van der Waals surface area contributed by atoms with Gasteiger partial charge in [-0.1, -0.05) is 31.2 Å². The summed E-state index contributed by atoms with van der Waals surface area (Å²) in [5.41, 5.74) is -5.64. The van der Waals surface area contributed by atoms with Crippen LogP contribution < -0.4 is 0 Å². The Labute approximate surface area is 162 Å². The van der Waals surface area contributed by atoms with Crippen LogP contribution in [0, 0.1) is 22.7 Å². The van der Waals surface area contributed by atoms with Gasteiger partial charge in [0.1, 0.15) is 23.4 Å². The summed E-state index contributed by atoms with van der Waals surface area (Å²) in [6.45, 7) is 7.12. The van der Waals surface area contributed by atoms with Gasteiger partial charge >= 0.3 is 5.97 Å². The Morgan fingerprint density at radius 1 is 1.21 bits per heavy atom. The lowest BCUT2D eigenvalue weighted by molar-refractivity contribution is -0.351. The Kier molecular flexibility index (Phi) is 3.38. The zero-order valence-corrected chi connectivity index (χ0v) is 15.8. The van der Waals surface area contributed by atoms with Gasteiger partial charge in [-0.05, 0) is 19.3 Å². The highest BCUT2D eigenvalue weighted by atomic mass is 16.6. The first-order valence-corrected chi connectivity index (χ1v) is 9.64. The van der Waals surface area contributed by atoms with Crippen molar-refractivity contribution in [2.75, 3.05) is 6.61 Å². The lowest BCUT2D eigenvalue weighted by Gasteiger charge is -2.70. The number of fused-ring (bicyclic) bond motifs is 2. The van der Waals surface area contributed by atoms with Gasteiger partial charge in [-0.15, -0.1) is 0 Å². The molecular formula is C20H26O8. The molecule has 0 aromatic rings. The van der Waals surface area contributed by atoms with Crippen molar-refractivity contribution < 1.29 is 39.8 Å². The van der Waals surface area contributed by atoms with E-state index in [-0.39, 0.29) is 18.9 Å². The Balaban J connectivity index is 1.82. The van der Waals surface area contributed by atoms with Crippen molar-refractivity contribution in [3.8, 4) is 0 Å². The van der Waals surface area contributed by atoms with Crippen LogP contribution in [0.4, 0.5) is 0 Å². The van der Waals surface area contributed by atoms with Gasteiger partial charge in [0.25, 0.3) is 0 Å². The molecule has 2 aliphatic heterocycles. The number of rotatable bonds is 0. The summed E-state index contributed by atoms with van der Waals surface area (Å²) in [5, 5.41) is 55.8. The first-order chi connectivity index (χ1) is 13.0. The van der Waals surface area contributed by atoms with Crippen molar-refractivity contribution in [2.45, 2.75) is 62.0 Å². The molecule has 2 saturated heterocycles. The third-order valence-electron chi connectivity index (χ3n) is 8.76. The second kappa shape index (κ2) is 5.06. The SMILES string of the molecule is C=C1C=CC(O)C2(C)C1CC1OC(=O)C(O)C3(O)C4(C)OCC13C2C(O)C4O. The Bertz CT molecular complexity index is 810. The molecule has 1 spiro atoms. The van der Waals surface area contributed by atoms with Gasteiger partial charge in [-0.3, -0.25) is 0 Å². The first-order valence-electron chi connectivity index (χ1n) is 9.64. The predicted octanol–water partition coefficient (Wildman–Crippen LogP) is -1.36. The number of allylic oxidation sites excluding steroid dienone is 2. The summed E-state index contributed by atoms with van der Waals surface area (Å²) in [6, 6.07) is 0. The minimum atomic E-state index is -2.18. The van der Waals surface area contributed by atoms with E-state index in [2.05, 4.69) is 6.58 Å². The third-order valence-corrected chi connectivity index (χ3v) is 8.76. The molecule has 0 aromatic carbocycles. The predicted molar refractivity (Wildman–Crippen MR) is 93.6 cm³/mol. The molecule has 0 radical (unpaired) electrons. The normalized spacial score (nSPS) is 62.2. The maximum atomic E-state index is 12.5. The molecule has 4 fully saturated rings. The van der Waals surface area contributed by atoms with Gasteiger partial charge in [0.2, 0.25) is 0 Å². The molecule has 11 unspecified atom stereocenters. The number of esters is 1. The summed E-state index contributed by atoms with van der Waals surface area (Å²) in [4.78, 5) is 12.5. The fourth-order valence-electron chi connectivity index (χ4n) is 7.29. The van der Waals surface area contributed by atoms with Crippen LogP contribution in [0.5, 0.6) is 0 Å². The zero-order chi connectivity index (χ0) is 20.4. The number of hydrogen-bond donors (Lipinski definition) is 5. The highest BCUT2D eigenvalue weighted by Gasteiger charge is 2.88. The van der Waals surface area contributed by atoms with Crippen molar-refractivity contribution in [3.63, 3.8) is 0 Å². The smallest absolute Gasteiger partial charge is 0.338 e. The van der Waals surface area contributed by atoms with Gasteiger partial charge in [-0.2, -0.15) is 0 Å². The Morgan fingerprint density at radius 3 is 2.57 bits per heavy atom. The van der Waals surface area contributed by atoms with Crippen molar-refractivity contribution in [1.29, 1.82) is 0 Å². The van der Waals surface area contributed by atoms with Crippen LogP contribution in [0.2, 0.25) is 0 Å². The van der Waals surface area contributed by atoms with E-state index in [0.717, 1.165) is 0 Å². The largest absolute Gasteiger partial charge is 0.460 e. The number of ether oxygens (including phenoxy) is 2. The highest BCUT2D eigenvalue weighted by Crippen LogP contribution is 2.73. The topological polar surface area (TPSA) is 137 Å². The highest BCUT2D eigenvalue weighted by molar-refractivity contribution is 5.79. The van der Waals surface area contributed by atoms with Crippen LogP contribution in [0.1, 0.15) is 20.3 Å². The number of hydrogen-bond acceptors (Lipinski definition) is 8. The van der Waals surface area contributed by atoms with Crippen molar-refractivity contribution >= 4 is 5.97 Å². The van der Waals surface area contributed by atoms with Crippen LogP contribution in [-0.2, 0) is 14.3 Å². The number of carbonyl (C=O) groups is 1. The number of aliphatic hydroxyl groups is 5. The monoisotopic (exact) mass is 394 g/mol. The van der Waals surface area contributed by atoms with E-state index in [1.807, 2.05) is 0 Å². The molecule has 154 valence electrons. The molecule has 0 amide bonds. The van der Waals surface area contributed by atoms with Gasteiger partial charge < -0.3 is 35.0 Å². The van der Waals surface area contributed by atoms with E-state index in [1.54, 1.807) is 19.1 Å². The molecule has 2 saturated carbocycles. The fraction of sp³-hybridized carbons (Fsp3) is 0.750. The Hall–Kier alpha value is -1.29. The molecular weight excluding hydrogens is 368 g/mol. The van der Waals surface area contributed by atoms with E-state index in [0.29, 0.717) is 5.57 Å². The molecule has 5 N–H and O–H groups in total. The number of carbonyl (C=O) groups excluding carboxylic acids is 1. The van der Waals surface area contributed by atoms with E-state index >= 15 is 0 Å². The average molecular weight is 394 g/mol. The molecule has 8 nitrogen and oxygen atoms in total. The van der Waals surface area contributed by atoms with E-state index in [1.165, 1.54) is 6.92 Å². The van der Waals surface area contributed by atoms with Gasteiger partial charge in [-0.25, -0.2) is 4.79 Å². The van der Waals surface area contributed by atoms with Crippen LogP contribution in [0.3, 0.4) is 0 Å². The zero-order valence-electron chi connectivity index (χ0n) is 15.8. The van der Waals surface area contributed by atoms with Crippen molar-refractivity contribution in [1.82, 2.24) is 0 Å². The quantitative estimate of drug-likeness (QED) is 0.318. The summed E-state index contributed by atoms with van der Waals surface area (Å²) in [6.07, 6.45) is -3.20. The molecule has 28 heavy (non-hydrogen) atoms. The van der Waals surface area contributed by atoms with Crippen LogP contribution in [-0.4, -0.2) is 79.8 Å². The van der Waals surface area contributed by atoms with Crippen LogP contribution in [0.15, 0.2) is 24.3 Å². The summed E-state index contributed by atoms with van der Waals surface area (Å²) >= 11 is 0. The average Bonchev–Trinajstić information content (AvgIpc) is 2.84.